The Hall–Kier alpha value is -9.45. The Morgan fingerprint density at radius 3 is 1.41 bits per heavy atom. The highest BCUT2D eigenvalue weighted by Gasteiger charge is 2.27. The summed E-state index contributed by atoms with van der Waals surface area (Å²) in [4.78, 5) is 92.9. The number of aromatic nitrogens is 6. The highest BCUT2D eigenvalue weighted by Crippen LogP contribution is 2.27. The molecular formula is C60H72N12O6. The first-order valence-corrected chi connectivity index (χ1v) is 23.8. The van der Waals surface area contributed by atoms with Gasteiger partial charge in [0.2, 0.25) is 0 Å². The number of nitrogens with two attached hydrogens (primary N) is 3. The van der Waals surface area contributed by atoms with Crippen LogP contribution in [0.3, 0.4) is 0 Å². The van der Waals surface area contributed by atoms with E-state index in [4.69, 9.17) is 17.2 Å². The van der Waals surface area contributed by atoms with Crippen LogP contribution in [0.25, 0.3) is 27.6 Å². The topological polar surface area (TPSA) is 291 Å². The lowest BCUT2D eigenvalue weighted by Gasteiger charge is -2.14. The van der Waals surface area contributed by atoms with E-state index in [2.05, 4.69) is 40.9 Å². The molecule has 0 aliphatic carbocycles. The number of nitrogens with zero attached hydrogens (tertiary/aromatic N) is 4. The first kappa shape index (κ1) is 61.1. The van der Waals surface area contributed by atoms with Gasteiger partial charge in [0.05, 0.1) is 40.7 Å². The molecule has 0 unspecified atom stereocenters. The van der Waals surface area contributed by atoms with E-state index in [-0.39, 0.29) is 57.4 Å². The number of aromatic amines is 2. The Bertz CT molecular complexity index is 3230. The summed E-state index contributed by atoms with van der Waals surface area (Å²) in [7, 11) is 0. The van der Waals surface area contributed by atoms with Gasteiger partial charge in [-0.2, -0.15) is 0 Å². The highest BCUT2D eigenvalue weighted by atomic mass is 16.2. The fourth-order valence-corrected chi connectivity index (χ4v) is 7.29. The first-order chi connectivity index (χ1) is 35.2. The largest absolute Gasteiger partial charge is 0.399 e. The predicted octanol–water partition coefficient (Wildman–Crippen LogP) is 12.6. The van der Waals surface area contributed by atoms with Crippen LogP contribution in [-0.2, 0) is 0 Å². The van der Waals surface area contributed by atoms with Gasteiger partial charge in [-0.1, -0.05) is 84.6 Å². The van der Waals surface area contributed by atoms with E-state index in [0.717, 1.165) is 16.3 Å². The van der Waals surface area contributed by atoms with Gasteiger partial charge >= 0.3 is 0 Å². The smallest absolute Gasteiger partial charge is 0.256 e. The molecule has 0 bridgehead atoms. The molecule has 9 rings (SSSR count). The number of nitrogens with one attached hydrogen (secondary N) is 5. The van der Waals surface area contributed by atoms with E-state index < -0.39 is 16.2 Å². The number of H-pyrrole nitrogens is 2. The average Bonchev–Trinajstić information content (AvgIpc) is 4.11. The standard InChI is InChI=1S/3C19H20N4O2.3CH4/c1-19(2,3)17(24)14-8-12-9-16(21-10-15(12)22-14)23-18(25)11-4-6-13(20)7-5-11;1-19(2,3)16(24)15-9-12-8-14(10-21-17(12)23-15)22-18(25)11-4-6-13(20)7-5-11;1-19(2,3)17(24)15-11-23-10-14(8-9-16(23)22-15)21-18(25)12-4-6-13(20)7-5-12;;;/h4-10,22H,20H2,1-3H3,(H,21,23,25);4-10H,20H2,1-3H3,(H,21,23)(H,22,25);4-11H,20H2,1-3H3,(H,21,25);3*1H4. The van der Waals surface area contributed by atoms with Crippen LogP contribution in [0.15, 0.2) is 134 Å². The van der Waals surface area contributed by atoms with E-state index in [1.54, 1.807) is 138 Å². The Kier molecular flexibility index (Phi) is 19.2. The van der Waals surface area contributed by atoms with Crippen molar-refractivity contribution in [3.05, 3.63) is 168 Å². The van der Waals surface area contributed by atoms with Crippen molar-refractivity contribution in [1.82, 2.24) is 29.3 Å². The molecule has 0 radical (unpaired) electrons. The minimum Gasteiger partial charge on any atom is -0.399 e. The van der Waals surface area contributed by atoms with Gasteiger partial charge in [0.15, 0.2) is 17.3 Å². The number of benzene rings is 3. The molecule has 0 aliphatic heterocycles. The molecule has 0 saturated carbocycles. The third kappa shape index (κ3) is 15.1. The number of ketones is 3. The third-order valence-electron chi connectivity index (χ3n) is 11.5. The number of pyridine rings is 3. The van der Waals surface area contributed by atoms with Gasteiger partial charge in [0, 0.05) is 73.2 Å². The molecule has 78 heavy (non-hydrogen) atoms. The third-order valence-corrected chi connectivity index (χ3v) is 11.5. The molecule has 11 N–H and O–H groups in total. The summed E-state index contributed by atoms with van der Waals surface area (Å²) in [6.45, 7) is 16.8. The molecule has 0 aliphatic rings. The van der Waals surface area contributed by atoms with Crippen molar-refractivity contribution in [3.63, 3.8) is 0 Å². The number of carbonyl (C=O) groups is 6. The minimum atomic E-state index is -0.496. The van der Waals surface area contributed by atoms with Crippen LogP contribution in [0, 0.1) is 16.2 Å². The maximum absolute atomic E-state index is 12.4. The Morgan fingerprint density at radius 2 is 0.923 bits per heavy atom. The van der Waals surface area contributed by atoms with Crippen molar-refractivity contribution in [2.75, 3.05) is 33.2 Å². The second-order valence-electron chi connectivity index (χ2n) is 21.0. The summed E-state index contributed by atoms with van der Waals surface area (Å²) in [5.41, 5.74) is 23.4. The fourth-order valence-electron chi connectivity index (χ4n) is 7.29. The zero-order valence-corrected chi connectivity index (χ0v) is 43.2. The van der Waals surface area contributed by atoms with E-state index in [1.165, 1.54) is 0 Å². The number of nitrogen functional groups attached to an aromatic ring is 3. The summed E-state index contributed by atoms with van der Waals surface area (Å²) in [5.74, 6) is -0.317. The molecule has 0 saturated heterocycles. The summed E-state index contributed by atoms with van der Waals surface area (Å²) in [6, 6.07) is 30.6. The van der Waals surface area contributed by atoms with E-state index >= 15 is 0 Å². The SMILES string of the molecule is C.C.C.CC(C)(C)C(=O)c1cc2cc(NC(=O)c3ccc(N)cc3)cnc2[nH]1.CC(C)(C)C(=O)c1cc2cc(NC(=O)c3ccc(N)cc3)ncc2[nH]1.CC(C)(C)C(=O)c1cn2cc(NC(=O)c3ccc(N)cc3)ccc2n1. The van der Waals surface area contributed by atoms with Crippen molar-refractivity contribution in [1.29, 1.82) is 0 Å². The Balaban J connectivity index is 0.000000248. The number of fused-ring (bicyclic) bond motifs is 3. The van der Waals surface area contributed by atoms with Crippen molar-refractivity contribution in [2.24, 2.45) is 16.2 Å². The molecule has 408 valence electrons. The number of rotatable bonds is 9. The second-order valence-corrected chi connectivity index (χ2v) is 21.0. The quantitative estimate of drug-likeness (QED) is 0.0495. The Morgan fingerprint density at radius 1 is 0.474 bits per heavy atom. The van der Waals surface area contributed by atoms with Gasteiger partial charge < -0.3 is 47.5 Å². The average molecular weight is 1060 g/mol. The van der Waals surface area contributed by atoms with Gasteiger partial charge in [0.1, 0.15) is 22.8 Å². The molecule has 3 aromatic carbocycles. The van der Waals surface area contributed by atoms with Crippen LogP contribution in [0.1, 0.15) is 147 Å². The van der Waals surface area contributed by atoms with Crippen molar-refractivity contribution >= 4 is 96.9 Å². The van der Waals surface area contributed by atoms with Crippen molar-refractivity contribution < 1.29 is 28.8 Å². The van der Waals surface area contributed by atoms with Gasteiger partial charge in [-0.25, -0.2) is 15.0 Å². The Labute approximate surface area is 455 Å². The maximum atomic E-state index is 12.4. The number of anilines is 6. The summed E-state index contributed by atoms with van der Waals surface area (Å²) < 4.78 is 1.73. The lowest BCUT2D eigenvalue weighted by Crippen LogP contribution is -2.20. The number of carbonyl (C=O) groups excluding carboxylic acids is 6. The van der Waals surface area contributed by atoms with Crippen molar-refractivity contribution in [2.45, 2.75) is 84.6 Å². The number of Topliss-reactive ketones (excluding diaryl/α,β-unsaturated/α-hetero) is 3. The highest BCUT2D eigenvalue weighted by molar-refractivity contribution is 6.08. The maximum Gasteiger partial charge on any atom is 0.256 e. The van der Waals surface area contributed by atoms with Crippen LogP contribution >= 0.6 is 0 Å². The van der Waals surface area contributed by atoms with E-state index in [9.17, 15) is 28.8 Å². The molecule has 0 atom stereocenters. The molecule has 9 aromatic rings. The van der Waals surface area contributed by atoms with Crippen molar-refractivity contribution in [3.8, 4) is 0 Å². The van der Waals surface area contributed by atoms with Crippen LogP contribution in [0.4, 0.5) is 34.3 Å². The number of hydrogen-bond donors (Lipinski definition) is 8. The van der Waals surface area contributed by atoms with E-state index in [1.807, 2.05) is 62.3 Å². The normalized spacial score (nSPS) is 11.0. The lowest BCUT2D eigenvalue weighted by atomic mass is 9.89. The van der Waals surface area contributed by atoms with Crippen LogP contribution in [-0.4, -0.2) is 64.4 Å². The zero-order chi connectivity index (χ0) is 54.6. The van der Waals surface area contributed by atoms with Crippen LogP contribution < -0.4 is 33.2 Å². The molecular weight excluding hydrogens is 985 g/mol. The second kappa shape index (κ2) is 24.5. The molecule has 18 heteroatoms. The first-order valence-electron chi connectivity index (χ1n) is 23.8. The van der Waals surface area contributed by atoms with Crippen LogP contribution in [0.5, 0.6) is 0 Å². The molecule has 18 nitrogen and oxygen atoms in total. The van der Waals surface area contributed by atoms with Crippen LogP contribution in [0.2, 0.25) is 0 Å². The number of amides is 3. The summed E-state index contributed by atoms with van der Waals surface area (Å²) in [5, 5.41) is 9.95. The van der Waals surface area contributed by atoms with Gasteiger partial charge in [-0.3, -0.25) is 28.8 Å². The molecule has 0 spiro atoms. The predicted molar refractivity (Wildman–Crippen MR) is 315 cm³/mol. The minimum absolute atomic E-state index is 0. The fraction of sp³-hybridized carbons (Fsp3) is 0.250. The van der Waals surface area contributed by atoms with E-state index in [0.29, 0.717) is 79.3 Å². The lowest BCUT2D eigenvalue weighted by molar-refractivity contribution is 0.0848. The number of imidazole rings is 1. The summed E-state index contributed by atoms with van der Waals surface area (Å²) in [6.07, 6.45) is 6.57. The summed E-state index contributed by atoms with van der Waals surface area (Å²) >= 11 is 0. The zero-order valence-electron chi connectivity index (χ0n) is 43.2. The molecule has 6 aromatic heterocycles. The molecule has 3 amide bonds. The van der Waals surface area contributed by atoms with Gasteiger partial charge in [-0.05, 0) is 109 Å². The monoisotopic (exact) mass is 1060 g/mol. The number of hydrogen-bond acceptors (Lipinski definition) is 12. The molecule has 0 fully saturated rings. The van der Waals surface area contributed by atoms with Gasteiger partial charge in [0.25, 0.3) is 17.7 Å². The molecule has 6 heterocycles. The van der Waals surface area contributed by atoms with Gasteiger partial charge in [-0.15, -0.1) is 0 Å².